The smallest absolute Gasteiger partial charge is 0.233 e. The normalized spacial score (nSPS) is 20.2. The molecule has 0 aromatic heterocycles. The minimum Gasteiger partial charge on any atom is -0.354 e. The minimum absolute atomic E-state index is 0.0480. The van der Waals surface area contributed by atoms with Crippen LogP contribution in [-0.2, 0) is 4.79 Å². The zero-order valence-corrected chi connectivity index (χ0v) is 6.31. The largest absolute Gasteiger partial charge is 0.354 e. The van der Waals surface area contributed by atoms with Crippen molar-refractivity contribution in [3.8, 4) is 0 Å². The third-order valence-electron chi connectivity index (χ3n) is 2.00. The Bertz CT molecular complexity index is 141. The van der Waals surface area contributed by atoms with Crippen LogP contribution in [0.2, 0.25) is 0 Å². The van der Waals surface area contributed by atoms with Crippen molar-refractivity contribution in [1.82, 2.24) is 5.32 Å². The van der Waals surface area contributed by atoms with Crippen molar-refractivity contribution in [2.45, 2.75) is 19.8 Å². The van der Waals surface area contributed by atoms with E-state index in [0.29, 0.717) is 5.41 Å². The van der Waals surface area contributed by atoms with Crippen molar-refractivity contribution >= 4 is 5.91 Å². The molecule has 0 heterocycles. The molecule has 58 valence electrons. The van der Waals surface area contributed by atoms with Gasteiger partial charge in [0.15, 0.2) is 0 Å². The molecule has 0 bridgehead atoms. The molecule has 0 aromatic carbocycles. The molecule has 1 amide bonds. The molecule has 1 aliphatic carbocycles. The van der Waals surface area contributed by atoms with Gasteiger partial charge in [0.2, 0.25) is 5.91 Å². The van der Waals surface area contributed by atoms with Gasteiger partial charge < -0.3 is 11.1 Å². The number of rotatable bonds is 3. The number of carbonyl (C=O) groups excluding carboxylic acids is 1. The quantitative estimate of drug-likeness (QED) is 0.576. The van der Waals surface area contributed by atoms with Gasteiger partial charge in [0, 0.05) is 6.54 Å². The lowest BCUT2D eigenvalue weighted by Crippen LogP contribution is -2.33. The second-order valence-corrected chi connectivity index (χ2v) is 3.29. The van der Waals surface area contributed by atoms with Gasteiger partial charge in [-0.25, -0.2) is 0 Å². The molecule has 1 fully saturated rings. The van der Waals surface area contributed by atoms with Crippen LogP contribution >= 0.6 is 0 Å². The van der Waals surface area contributed by atoms with Crippen molar-refractivity contribution in [1.29, 1.82) is 0 Å². The average molecular weight is 142 g/mol. The van der Waals surface area contributed by atoms with Gasteiger partial charge in [-0.15, -0.1) is 0 Å². The minimum atomic E-state index is -0.0480. The van der Waals surface area contributed by atoms with Crippen LogP contribution in [0.4, 0.5) is 0 Å². The van der Waals surface area contributed by atoms with Crippen LogP contribution in [0, 0.1) is 5.41 Å². The Kier molecular flexibility index (Phi) is 1.94. The summed E-state index contributed by atoms with van der Waals surface area (Å²) in [5.41, 5.74) is 5.50. The maximum Gasteiger partial charge on any atom is 0.233 e. The molecule has 0 saturated heterocycles. The number of amides is 1. The van der Waals surface area contributed by atoms with Gasteiger partial charge in [-0.05, 0) is 18.3 Å². The molecule has 0 aromatic rings. The number of nitrogens with one attached hydrogen (secondary N) is 1. The topological polar surface area (TPSA) is 55.1 Å². The summed E-state index contributed by atoms with van der Waals surface area (Å²) in [5.74, 6) is -0.0480. The number of hydrogen-bond donors (Lipinski definition) is 2. The Balaban J connectivity index is 2.10. The summed E-state index contributed by atoms with van der Waals surface area (Å²) in [4.78, 5) is 10.7. The SMILES string of the molecule is CC1(CNC(=O)CN)CC1. The van der Waals surface area contributed by atoms with Gasteiger partial charge in [0.05, 0.1) is 6.54 Å². The van der Waals surface area contributed by atoms with Crippen LogP contribution in [-0.4, -0.2) is 19.0 Å². The van der Waals surface area contributed by atoms with E-state index in [1.165, 1.54) is 12.8 Å². The summed E-state index contributed by atoms with van der Waals surface area (Å²) in [6, 6.07) is 0. The van der Waals surface area contributed by atoms with Crippen molar-refractivity contribution in [3.63, 3.8) is 0 Å². The lowest BCUT2D eigenvalue weighted by Gasteiger charge is -2.07. The first-order chi connectivity index (χ1) is 4.66. The molecule has 1 aliphatic rings. The monoisotopic (exact) mass is 142 g/mol. The first-order valence-corrected chi connectivity index (χ1v) is 3.63. The van der Waals surface area contributed by atoms with Gasteiger partial charge >= 0.3 is 0 Å². The zero-order chi connectivity index (χ0) is 7.61. The summed E-state index contributed by atoms with van der Waals surface area (Å²) in [5, 5.41) is 2.77. The predicted octanol–water partition coefficient (Wildman–Crippen LogP) is -0.139. The lowest BCUT2D eigenvalue weighted by molar-refractivity contribution is -0.119. The molecule has 0 aliphatic heterocycles. The van der Waals surface area contributed by atoms with E-state index < -0.39 is 0 Å². The van der Waals surface area contributed by atoms with Crippen LogP contribution in [0.3, 0.4) is 0 Å². The molecule has 3 N–H and O–H groups in total. The first kappa shape index (κ1) is 7.54. The molecule has 1 saturated carbocycles. The molecule has 0 radical (unpaired) electrons. The summed E-state index contributed by atoms with van der Waals surface area (Å²) < 4.78 is 0. The highest BCUT2D eigenvalue weighted by molar-refractivity contribution is 5.77. The number of hydrogen-bond acceptors (Lipinski definition) is 2. The van der Waals surface area contributed by atoms with E-state index in [-0.39, 0.29) is 12.5 Å². The van der Waals surface area contributed by atoms with Crippen LogP contribution in [0.5, 0.6) is 0 Å². The third-order valence-corrected chi connectivity index (χ3v) is 2.00. The van der Waals surface area contributed by atoms with Gasteiger partial charge in [-0.3, -0.25) is 4.79 Å². The average Bonchev–Trinajstić information content (AvgIpc) is 2.64. The third kappa shape index (κ3) is 1.99. The molecular weight excluding hydrogens is 128 g/mol. The van der Waals surface area contributed by atoms with Crippen LogP contribution in [0.1, 0.15) is 19.8 Å². The molecular formula is C7H14N2O. The Labute approximate surface area is 61.0 Å². The predicted molar refractivity (Wildman–Crippen MR) is 39.4 cm³/mol. The number of carbonyl (C=O) groups is 1. The second kappa shape index (κ2) is 2.58. The number of nitrogens with two attached hydrogens (primary N) is 1. The molecule has 3 nitrogen and oxygen atoms in total. The van der Waals surface area contributed by atoms with Crippen molar-refractivity contribution in [3.05, 3.63) is 0 Å². The summed E-state index contributed by atoms with van der Waals surface area (Å²) >= 11 is 0. The van der Waals surface area contributed by atoms with Gasteiger partial charge in [-0.2, -0.15) is 0 Å². The molecule has 3 heteroatoms. The molecule has 0 atom stereocenters. The van der Waals surface area contributed by atoms with Crippen molar-refractivity contribution in [2.24, 2.45) is 11.1 Å². The van der Waals surface area contributed by atoms with E-state index in [9.17, 15) is 4.79 Å². The van der Waals surface area contributed by atoms with Gasteiger partial charge in [-0.1, -0.05) is 6.92 Å². The molecule has 0 spiro atoms. The second-order valence-electron chi connectivity index (χ2n) is 3.29. The Hall–Kier alpha value is -0.570. The Morgan fingerprint density at radius 2 is 2.30 bits per heavy atom. The van der Waals surface area contributed by atoms with Gasteiger partial charge in [0.25, 0.3) is 0 Å². The fraction of sp³-hybridized carbons (Fsp3) is 0.857. The fourth-order valence-corrected chi connectivity index (χ4v) is 0.774. The van der Waals surface area contributed by atoms with E-state index in [1.807, 2.05) is 0 Å². The van der Waals surface area contributed by atoms with Crippen molar-refractivity contribution < 1.29 is 4.79 Å². The van der Waals surface area contributed by atoms with E-state index in [0.717, 1.165) is 6.54 Å². The fourth-order valence-electron chi connectivity index (χ4n) is 0.774. The van der Waals surface area contributed by atoms with Crippen LogP contribution < -0.4 is 11.1 Å². The standard InChI is InChI=1S/C7H14N2O/c1-7(2-3-7)5-9-6(10)4-8/h2-5,8H2,1H3,(H,9,10). The summed E-state index contributed by atoms with van der Waals surface area (Å²) in [6.45, 7) is 3.07. The van der Waals surface area contributed by atoms with Gasteiger partial charge in [0.1, 0.15) is 0 Å². The maximum atomic E-state index is 10.7. The van der Waals surface area contributed by atoms with E-state index >= 15 is 0 Å². The molecule has 10 heavy (non-hydrogen) atoms. The van der Waals surface area contributed by atoms with Crippen molar-refractivity contribution in [2.75, 3.05) is 13.1 Å². The highest BCUT2D eigenvalue weighted by Crippen LogP contribution is 2.43. The highest BCUT2D eigenvalue weighted by Gasteiger charge is 2.36. The van der Waals surface area contributed by atoms with E-state index in [1.54, 1.807) is 0 Å². The highest BCUT2D eigenvalue weighted by atomic mass is 16.1. The first-order valence-electron chi connectivity index (χ1n) is 3.63. The van der Waals surface area contributed by atoms with Crippen LogP contribution in [0.15, 0.2) is 0 Å². The summed E-state index contributed by atoms with van der Waals surface area (Å²) in [6.07, 6.45) is 2.47. The molecule has 0 unspecified atom stereocenters. The van der Waals surface area contributed by atoms with Crippen LogP contribution in [0.25, 0.3) is 0 Å². The molecule has 1 rings (SSSR count). The zero-order valence-electron chi connectivity index (χ0n) is 6.31. The Morgan fingerprint density at radius 1 is 1.70 bits per heavy atom. The maximum absolute atomic E-state index is 10.7. The van der Waals surface area contributed by atoms with E-state index in [2.05, 4.69) is 12.2 Å². The van der Waals surface area contributed by atoms with E-state index in [4.69, 9.17) is 5.73 Å². The summed E-state index contributed by atoms with van der Waals surface area (Å²) in [7, 11) is 0. The Morgan fingerprint density at radius 3 is 2.70 bits per heavy atom. The lowest BCUT2D eigenvalue weighted by atomic mass is 10.1.